The van der Waals surface area contributed by atoms with Crippen molar-refractivity contribution in [2.45, 2.75) is 20.4 Å². The number of benzene rings is 2. The molecule has 10 nitrogen and oxygen atoms in total. The summed E-state index contributed by atoms with van der Waals surface area (Å²) in [5.74, 6) is -1.10. The van der Waals surface area contributed by atoms with E-state index >= 15 is 0 Å². The van der Waals surface area contributed by atoms with E-state index in [0.29, 0.717) is 36.8 Å². The van der Waals surface area contributed by atoms with Gasteiger partial charge in [0.25, 0.3) is 11.6 Å². The minimum atomic E-state index is -0.629. The number of thiazole rings is 1. The topological polar surface area (TPSA) is 116 Å². The minimum absolute atomic E-state index is 0.0960. The van der Waals surface area contributed by atoms with Crippen molar-refractivity contribution in [2.75, 3.05) is 38.3 Å². The van der Waals surface area contributed by atoms with Crippen LogP contribution in [0.15, 0.2) is 35.3 Å². The fourth-order valence-corrected chi connectivity index (χ4v) is 5.05. The number of esters is 1. The molecule has 0 atom stereocenters. The van der Waals surface area contributed by atoms with Crippen LogP contribution in [-0.2, 0) is 20.8 Å². The number of fused-ring (bicyclic) bond motifs is 1. The molecule has 4 rings (SSSR count). The van der Waals surface area contributed by atoms with Crippen LogP contribution in [0, 0.1) is 24.0 Å². The van der Waals surface area contributed by atoms with E-state index in [2.05, 4.69) is 4.99 Å². The van der Waals surface area contributed by atoms with Crippen molar-refractivity contribution in [3.05, 3.63) is 61.9 Å². The molecule has 0 N–H and O–H groups in total. The standard InChI is InChI=1S/C23H24N4O6S/c1-14-10-15(2)21-19(11-14)26(13-20(28)32-3)23(34-21)24-22(29)16-4-5-17(18(12-16)27(30)31)25-6-8-33-9-7-25/h4-5,10-12H,6-9,13H2,1-3H3. The number of hydrogen-bond acceptors (Lipinski definition) is 8. The van der Waals surface area contributed by atoms with Crippen molar-refractivity contribution in [1.82, 2.24) is 4.57 Å². The summed E-state index contributed by atoms with van der Waals surface area (Å²) in [5.41, 5.74) is 3.16. The van der Waals surface area contributed by atoms with Crippen molar-refractivity contribution in [3.8, 4) is 0 Å². The third-order valence-electron chi connectivity index (χ3n) is 5.60. The highest BCUT2D eigenvalue weighted by atomic mass is 32.1. The summed E-state index contributed by atoms with van der Waals surface area (Å²) in [4.78, 5) is 42.8. The fourth-order valence-electron chi connectivity index (χ4n) is 3.97. The van der Waals surface area contributed by atoms with Crippen LogP contribution >= 0.6 is 11.3 Å². The molecule has 0 aliphatic carbocycles. The zero-order valence-corrected chi connectivity index (χ0v) is 19.9. The van der Waals surface area contributed by atoms with Gasteiger partial charge in [-0.2, -0.15) is 4.99 Å². The molecule has 178 valence electrons. The third kappa shape index (κ3) is 4.70. The largest absolute Gasteiger partial charge is 0.468 e. The van der Waals surface area contributed by atoms with Crippen molar-refractivity contribution in [2.24, 2.45) is 4.99 Å². The van der Waals surface area contributed by atoms with Gasteiger partial charge in [-0.25, -0.2) is 0 Å². The van der Waals surface area contributed by atoms with Gasteiger partial charge in [0.1, 0.15) is 12.2 Å². The lowest BCUT2D eigenvalue weighted by molar-refractivity contribution is -0.384. The smallest absolute Gasteiger partial charge is 0.325 e. The Balaban J connectivity index is 1.79. The molecular formula is C23H24N4O6S. The van der Waals surface area contributed by atoms with Crippen LogP contribution < -0.4 is 9.70 Å². The second-order valence-electron chi connectivity index (χ2n) is 7.95. The van der Waals surface area contributed by atoms with E-state index in [9.17, 15) is 19.7 Å². The van der Waals surface area contributed by atoms with E-state index in [1.807, 2.05) is 30.9 Å². The Kier molecular flexibility index (Phi) is 6.75. The second-order valence-corrected chi connectivity index (χ2v) is 8.93. The van der Waals surface area contributed by atoms with Crippen LogP contribution in [0.1, 0.15) is 21.5 Å². The molecule has 0 bridgehead atoms. The van der Waals surface area contributed by atoms with Gasteiger partial charge in [0.2, 0.25) is 0 Å². The molecule has 11 heteroatoms. The number of aryl methyl sites for hydroxylation is 2. The maximum absolute atomic E-state index is 13.1. The average molecular weight is 485 g/mol. The molecule has 34 heavy (non-hydrogen) atoms. The Morgan fingerprint density at radius 3 is 2.62 bits per heavy atom. The number of rotatable bonds is 5. The quantitative estimate of drug-likeness (QED) is 0.310. The summed E-state index contributed by atoms with van der Waals surface area (Å²) in [6.07, 6.45) is 0. The van der Waals surface area contributed by atoms with Crippen molar-refractivity contribution >= 4 is 44.8 Å². The summed E-state index contributed by atoms with van der Waals surface area (Å²) < 4.78 is 12.7. The van der Waals surface area contributed by atoms with Gasteiger partial charge in [-0.1, -0.05) is 17.4 Å². The van der Waals surface area contributed by atoms with Gasteiger partial charge in [0, 0.05) is 24.7 Å². The van der Waals surface area contributed by atoms with E-state index in [0.717, 1.165) is 21.3 Å². The van der Waals surface area contributed by atoms with Crippen molar-refractivity contribution in [1.29, 1.82) is 0 Å². The summed E-state index contributed by atoms with van der Waals surface area (Å²) in [6.45, 7) is 5.83. The van der Waals surface area contributed by atoms with Crippen LogP contribution in [0.5, 0.6) is 0 Å². The Morgan fingerprint density at radius 2 is 1.94 bits per heavy atom. The Labute approximate surface area is 199 Å². The Bertz CT molecular complexity index is 1350. The maximum atomic E-state index is 13.1. The first kappa shape index (κ1) is 23.6. The Morgan fingerprint density at radius 1 is 1.21 bits per heavy atom. The molecule has 3 aromatic rings. The molecule has 1 aliphatic heterocycles. The predicted octanol–water partition coefficient (Wildman–Crippen LogP) is 2.98. The van der Waals surface area contributed by atoms with Crippen LogP contribution in [0.25, 0.3) is 10.2 Å². The lowest BCUT2D eigenvalue weighted by Gasteiger charge is -2.28. The lowest BCUT2D eigenvalue weighted by atomic mass is 10.1. The monoisotopic (exact) mass is 484 g/mol. The number of nitro benzene ring substituents is 1. The molecule has 0 saturated carbocycles. The molecule has 1 aliphatic rings. The SMILES string of the molecule is COC(=O)Cn1c(=NC(=O)c2ccc(N3CCOCC3)c([N+](=O)[O-])c2)sc2c(C)cc(C)cc21. The number of morpholine rings is 1. The van der Waals surface area contributed by atoms with Gasteiger partial charge in [0.05, 0.1) is 35.5 Å². The lowest BCUT2D eigenvalue weighted by Crippen LogP contribution is -2.36. The molecule has 1 aromatic heterocycles. The maximum Gasteiger partial charge on any atom is 0.325 e. The molecule has 2 heterocycles. The number of methoxy groups -OCH3 is 1. The zero-order chi connectivity index (χ0) is 24.4. The highest BCUT2D eigenvalue weighted by Crippen LogP contribution is 2.30. The van der Waals surface area contributed by atoms with E-state index in [-0.39, 0.29) is 17.8 Å². The van der Waals surface area contributed by atoms with Gasteiger partial charge in [0.15, 0.2) is 4.80 Å². The predicted molar refractivity (Wildman–Crippen MR) is 127 cm³/mol. The number of carbonyl (C=O) groups is 2. The number of nitro groups is 1. The summed E-state index contributed by atoms with van der Waals surface area (Å²) in [7, 11) is 1.30. The van der Waals surface area contributed by atoms with Gasteiger partial charge < -0.3 is 18.9 Å². The van der Waals surface area contributed by atoms with Crippen LogP contribution in [0.2, 0.25) is 0 Å². The van der Waals surface area contributed by atoms with Gasteiger partial charge in [-0.15, -0.1) is 0 Å². The van der Waals surface area contributed by atoms with Crippen LogP contribution in [0.4, 0.5) is 11.4 Å². The highest BCUT2D eigenvalue weighted by molar-refractivity contribution is 7.16. The van der Waals surface area contributed by atoms with Crippen LogP contribution in [-0.4, -0.2) is 54.8 Å². The molecule has 1 saturated heterocycles. The number of carbonyl (C=O) groups excluding carboxylic acids is 2. The number of aromatic nitrogens is 1. The minimum Gasteiger partial charge on any atom is -0.468 e. The molecule has 1 amide bonds. The fraction of sp³-hybridized carbons (Fsp3) is 0.348. The van der Waals surface area contributed by atoms with Gasteiger partial charge >= 0.3 is 5.97 Å². The molecule has 0 spiro atoms. The number of hydrogen-bond donors (Lipinski definition) is 0. The van der Waals surface area contributed by atoms with E-state index in [1.54, 1.807) is 10.6 Å². The first-order valence-electron chi connectivity index (χ1n) is 10.7. The first-order valence-corrected chi connectivity index (χ1v) is 11.5. The molecule has 0 unspecified atom stereocenters. The van der Waals surface area contributed by atoms with E-state index in [1.165, 1.54) is 30.6 Å². The summed E-state index contributed by atoms with van der Waals surface area (Å²) in [6, 6.07) is 8.31. The van der Waals surface area contributed by atoms with Crippen molar-refractivity contribution < 1.29 is 24.0 Å². The molecule has 0 radical (unpaired) electrons. The second kappa shape index (κ2) is 9.74. The van der Waals surface area contributed by atoms with Gasteiger partial charge in [-0.05, 0) is 43.2 Å². The number of amides is 1. The summed E-state index contributed by atoms with van der Waals surface area (Å²) in [5, 5.41) is 11.7. The summed E-state index contributed by atoms with van der Waals surface area (Å²) >= 11 is 1.28. The van der Waals surface area contributed by atoms with Crippen molar-refractivity contribution in [3.63, 3.8) is 0 Å². The van der Waals surface area contributed by atoms with E-state index < -0.39 is 16.8 Å². The number of nitrogens with zero attached hydrogens (tertiary/aromatic N) is 4. The molecule has 1 fully saturated rings. The zero-order valence-electron chi connectivity index (χ0n) is 19.1. The average Bonchev–Trinajstić information content (AvgIpc) is 3.16. The van der Waals surface area contributed by atoms with E-state index in [4.69, 9.17) is 9.47 Å². The number of anilines is 1. The van der Waals surface area contributed by atoms with Gasteiger partial charge in [-0.3, -0.25) is 19.7 Å². The molecular weight excluding hydrogens is 460 g/mol. The van der Waals surface area contributed by atoms with Crippen LogP contribution in [0.3, 0.4) is 0 Å². The third-order valence-corrected chi connectivity index (χ3v) is 6.83. The number of ether oxygens (including phenoxy) is 2. The first-order chi connectivity index (χ1) is 16.3. The normalized spacial score (nSPS) is 14.4. The molecule has 2 aromatic carbocycles. The Hall–Kier alpha value is -3.57. The highest BCUT2D eigenvalue weighted by Gasteiger charge is 2.23.